The second-order valence-electron chi connectivity index (χ2n) is 4.42. The van der Waals surface area contributed by atoms with Crippen molar-refractivity contribution < 1.29 is 14.3 Å². The molecular formula is C14H16FNO2S. The molecule has 1 heterocycles. The zero-order valence-electron chi connectivity index (χ0n) is 10.5. The Morgan fingerprint density at radius 1 is 1.42 bits per heavy atom. The normalized spacial score (nSPS) is 16.9. The first kappa shape index (κ1) is 14.1. The Hall–Kier alpha value is -1.33. The van der Waals surface area contributed by atoms with Gasteiger partial charge in [0.1, 0.15) is 5.82 Å². The van der Waals surface area contributed by atoms with Crippen LogP contribution in [-0.2, 0) is 11.3 Å². The number of hydrogen-bond donors (Lipinski definition) is 1. The van der Waals surface area contributed by atoms with Crippen molar-refractivity contribution in [1.29, 1.82) is 0 Å². The zero-order chi connectivity index (χ0) is 13.7. The average molecular weight is 281 g/mol. The van der Waals surface area contributed by atoms with Gasteiger partial charge < -0.3 is 5.11 Å². The van der Waals surface area contributed by atoms with Gasteiger partial charge in [-0.05, 0) is 23.8 Å². The lowest BCUT2D eigenvalue weighted by Crippen LogP contribution is -2.31. The van der Waals surface area contributed by atoms with Gasteiger partial charge in [0.05, 0.1) is 0 Å². The van der Waals surface area contributed by atoms with Crippen LogP contribution in [0.5, 0.6) is 0 Å². The first-order valence-electron chi connectivity index (χ1n) is 6.15. The maximum Gasteiger partial charge on any atom is 0.328 e. The molecule has 1 aliphatic heterocycles. The van der Waals surface area contributed by atoms with Gasteiger partial charge in [-0.3, -0.25) is 4.90 Å². The van der Waals surface area contributed by atoms with E-state index in [0.29, 0.717) is 5.56 Å². The summed E-state index contributed by atoms with van der Waals surface area (Å²) >= 11 is 1.95. The predicted octanol–water partition coefficient (Wildman–Crippen LogP) is 2.47. The van der Waals surface area contributed by atoms with Crippen LogP contribution in [0.25, 0.3) is 6.08 Å². The fourth-order valence-corrected chi connectivity index (χ4v) is 2.98. The highest BCUT2D eigenvalue weighted by Crippen LogP contribution is 2.16. The Morgan fingerprint density at radius 2 is 2.16 bits per heavy atom. The Morgan fingerprint density at radius 3 is 2.84 bits per heavy atom. The second kappa shape index (κ2) is 6.73. The van der Waals surface area contributed by atoms with Crippen molar-refractivity contribution in [3.8, 4) is 0 Å². The molecule has 1 saturated heterocycles. The topological polar surface area (TPSA) is 40.5 Å². The van der Waals surface area contributed by atoms with Gasteiger partial charge >= 0.3 is 5.97 Å². The molecule has 0 aromatic heterocycles. The van der Waals surface area contributed by atoms with Gasteiger partial charge in [0.2, 0.25) is 0 Å². The lowest BCUT2D eigenvalue weighted by molar-refractivity contribution is -0.131. The first-order chi connectivity index (χ1) is 9.15. The summed E-state index contributed by atoms with van der Waals surface area (Å²) in [5, 5.41) is 8.58. The molecule has 19 heavy (non-hydrogen) atoms. The van der Waals surface area contributed by atoms with Crippen molar-refractivity contribution in [2.24, 2.45) is 0 Å². The third-order valence-corrected chi connectivity index (χ3v) is 3.92. The van der Waals surface area contributed by atoms with Gasteiger partial charge in [-0.25, -0.2) is 9.18 Å². The smallest absolute Gasteiger partial charge is 0.328 e. The average Bonchev–Trinajstić information content (AvgIpc) is 2.40. The summed E-state index contributed by atoms with van der Waals surface area (Å²) in [5.74, 6) is 0.799. The summed E-state index contributed by atoms with van der Waals surface area (Å²) in [6.45, 7) is 2.87. The molecule has 1 N–H and O–H groups in total. The van der Waals surface area contributed by atoms with Gasteiger partial charge in [0, 0.05) is 42.8 Å². The van der Waals surface area contributed by atoms with Crippen LogP contribution in [0.4, 0.5) is 4.39 Å². The van der Waals surface area contributed by atoms with E-state index >= 15 is 0 Å². The highest BCUT2D eigenvalue weighted by Gasteiger charge is 2.11. The molecule has 0 aliphatic carbocycles. The van der Waals surface area contributed by atoms with Crippen LogP contribution in [0.1, 0.15) is 11.1 Å². The van der Waals surface area contributed by atoms with E-state index in [1.807, 2.05) is 11.8 Å². The Bertz CT molecular complexity index is 484. The number of benzene rings is 1. The SMILES string of the molecule is O=C(O)/C=C/c1cc(CN2CCSCC2)ccc1F. The van der Waals surface area contributed by atoms with Gasteiger partial charge in [0.25, 0.3) is 0 Å². The number of carboxylic acids is 1. The number of carbonyl (C=O) groups is 1. The molecule has 5 heteroatoms. The molecule has 0 spiro atoms. The summed E-state index contributed by atoms with van der Waals surface area (Å²) in [6.07, 6.45) is 2.26. The standard InChI is InChI=1S/C14H16FNO2S/c15-13-3-1-11(9-12(13)2-4-14(17)18)10-16-5-7-19-8-6-16/h1-4,9H,5-8,10H2,(H,17,18)/b4-2+. The molecule has 0 bridgehead atoms. The lowest BCUT2D eigenvalue weighted by Gasteiger charge is -2.26. The molecule has 0 saturated carbocycles. The van der Waals surface area contributed by atoms with Crippen LogP contribution in [0.3, 0.4) is 0 Å². The monoisotopic (exact) mass is 281 g/mol. The minimum atomic E-state index is -1.07. The molecule has 0 radical (unpaired) electrons. The van der Waals surface area contributed by atoms with Crippen LogP contribution in [-0.4, -0.2) is 40.6 Å². The molecule has 1 aromatic carbocycles. The van der Waals surface area contributed by atoms with Crippen molar-refractivity contribution in [1.82, 2.24) is 4.90 Å². The van der Waals surface area contributed by atoms with Gasteiger partial charge in [0.15, 0.2) is 0 Å². The van der Waals surface area contributed by atoms with Crippen LogP contribution >= 0.6 is 11.8 Å². The minimum Gasteiger partial charge on any atom is -0.478 e. The number of nitrogens with zero attached hydrogens (tertiary/aromatic N) is 1. The molecule has 3 nitrogen and oxygen atoms in total. The minimum absolute atomic E-state index is 0.325. The number of halogens is 1. The third-order valence-electron chi connectivity index (χ3n) is 2.98. The summed E-state index contributed by atoms with van der Waals surface area (Å²) < 4.78 is 13.5. The molecule has 1 fully saturated rings. The van der Waals surface area contributed by atoms with E-state index in [2.05, 4.69) is 4.90 Å². The van der Waals surface area contributed by atoms with Crippen LogP contribution in [0.2, 0.25) is 0 Å². The first-order valence-corrected chi connectivity index (χ1v) is 7.30. The quantitative estimate of drug-likeness (QED) is 0.861. The highest BCUT2D eigenvalue weighted by atomic mass is 32.2. The molecule has 0 atom stereocenters. The molecule has 102 valence electrons. The number of thioether (sulfide) groups is 1. The van der Waals surface area contributed by atoms with Gasteiger partial charge in [-0.1, -0.05) is 6.07 Å². The van der Waals surface area contributed by atoms with Crippen LogP contribution in [0.15, 0.2) is 24.3 Å². The lowest BCUT2D eigenvalue weighted by atomic mass is 10.1. The van der Waals surface area contributed by atoms with Crippen molar-refractivity contribution in [3.63, 3.8) is 0 Å². The highest BCUT2D eigenvalue weighted by molar-refractivity contribution is 7.99. The summed E-state index contributed by atoms with van der Waals surface area (Å²) in [4.78, 5) is 12.8. The van der Waals surface area contributed by atoms with E-state index < -0.39 is 11.8 Å². The van der Waals surface area contributed by atoms with E-state index in [4.69, 9.17) is 5.11 Å². The van der Waals surface area contributed by atoms with E-state index in [9.17, 15) is 9.18 Å². The van der Waals surface area contributed by atoms with Crippen molar-refractivity contribution in [2.45, 2.75) is 6.54 Å². The third kappa shape index (κ3) is 4.36. The largest absolute Gasteiger partial charge is 0.478 e. The molecule has 2 rings (SSSR count). The number of hydrogen-bond acceptors (Lipinski definition) is 3. The second-order valence-corrected chi connectivity index (χ2v) is 5.64. The maximum absolute atomic E-state index is 13.5. The van der Waals surface area contributed by atoms with E-state index in [-0.39, 0.29) is 0 Å². The summed E-state index contributed by atoms with van der Waals surface area (Å²) in [7, 11) is 0. The summed E-state index contributed by atoms with van der Waals surface area (Å²) in [6, 6.07) is 4.88. The van der Waals surface area contributed by atoms with E-state index in [0.717, 1.165) is 42.8 Å². The van der Waals surface area contributed by atoms with E-state index in [1.165, 1.54) is 12.1 Å². The van der Waals surface area contributed by atoms with Gasteiger partial charge in [-0.2, -0.15) is 11.8 Å². The van der Waals surface area contributed by atoms with Crippen molar-refractivity contribution in [2.75, 3.05) is 24.6 Å². The fourth-order valence-electron chi connectivity index (χ4n) is 2.00. The van der Waals surface area contributed by atoms with Crippen molar-refractivity contribution >= 4 is 23.8 Å². The fraction of sp³-hybridized carbons (Fsp3) is 0.357. The molecule has 0 unspecified atom stereocenters. The molecule has 1 aliphatic rings. The molecule has 1 aromatic rings. The molecule has 0 amide bonds. The van der Waals surface area contributed by atoms with E-state index in [1.54, 1.807) is 12.1 Å². The maximum atomic E-state index is 13.5. The number of rotatable bonds is 4. The number of aliphatic carboxylic acids is 1. The van der Waals surface area contributed by atoms with Crippen LogP contribution < -0.4 is 0 Å². The zero-order valence-corrected chi connectivity index (χ0v) is 11.3. The predicted molar refractivity (Wildman–Crippen MR) is 75.7 cm³/mol. The number of carboxylic acid groups (broad SMARTS) is 1. The Balaban J connectivity index is 2.08. The van der Waals surface area contributed by atoms with Gasteiger partial charge in [-0.15, -0.1) is 0 Å². The molecular weight excluding hydrogens is 265 g/mol. The Labute approximate surface area is 116 Å². The van der Waals surface area contributed by atoms with Crippen LogP contribution in [0, 0.1) is 5.82 Å². The van der Waals surface area contributed by atoms with Crippen molar-refractivity contribution in [3.05, 3.63) is 41.2 Å². The Kier molecular flexibility index (Phi) is 4.99. The summed E-state index contributed by atoms with van der Waals surface area (Å²) in [5.41, 5.74) is 1.34.